The van der Waals surface area contributed by atoms with Crippen molar-refractivity contribution < 1.29 is 19.1 Å². The molecule has 4 heterocycles. The van der Waals surface area contributed by atoms with Gasteiger partial charge in [-0.3, -0.25) is 14.6 Å². The standard InChI is InChI=1S/C21H22N6O4/c1-27-13-22-10-18(27)20-25-17(21(29)24-15-2-3-16(11-28)23-9-15)8-19(26-20)31-12-14-4-6-30-7-5-14/h2-3,8-11,13-14H,4-7,12H2,1H3,(H,24,29). The summed E-state index contributed by atoms with van der Waals surface area (Å²) in [5.74, 6) is 0.590. The summed E-state index contributed by atoms with van der Waals surface area (Å²) in [6.07, 6.45) is 7.16. The van der Waals surface area contributed by atoms with E-state index in [-0.39, 0.29) is 11.4 Å². The van der Waals surface area contributed by atoms with Crippen LogP contribution < -0.4 is 10.1 Å². The number of pyridine rings is 1. The zero-order valence-electron chi connectivity index (χ0n) is 17.0. The fourth-order valence-corrected chi connectivity index (χ4v) is 3.16. The Kier molecular flexibility index (Phi) is 6.27. The maximum Gasteiger partial charge on any atom is 0.274 e. The fraction of sp³-hybridized carbons (Fsp3) is 0.333. The van der Waals surface area contributed by atoms with Crippen molar-refractivity contribution in [1.29, 1.82) is 0 Å². The third-order valence-corrected chi connectivity index (χ3v) is 4.95. The molecule has 4 rings (SSSR count). The van der Waals surface area contributed by atoms with E-state index in [9.17, 15) is 9.59 Å². The average molecular weight is 422 g/mol. The monoisotopic (exact) mass is 422 g/mol. The van der Waals surface area contributed by atoms with Crippen molar-refractivity contribution in [1.82, 2.24) is 24.5 Å². The number of aromatic nitrogens is 5. The van der Waals surface area contributed by atoms with Crippen molar-refractivity contribution in [2.45, 2.75) is 12.8 Å². The Hall–Kier alpha value is -3.66. The first-order chi connectivity index (χ1) is 15.1. The largest absolute Gasteiger partial charge is 0.477 e. The minimum absolute atomic E-state index is 0.146. The van der Waals surface area contributed by atoms with E-state index in [1.54, 1.807) is 23.2 Å². The second-order valence-corrected chi connectivity index (χ2v) is 7.22. The number of carbonyl (C=O) groups is 2. The molecular weight excluding hydrogens is 400 g/mol. The number of hydrogen-bond donors (Lipinski definition) is 1. The van der Waals surface area contributed by atoms with Crippen molar-refractivity contribution in [3.63, 3.8) is 0 Å². The highest BCUT2D eigenvalue weighted by Crippen LogP contribution is 2.21. The quantitative estimate of drug-likeness (QED) is 0.575. The molecular formula is C21H22N6O4. The van der Waals surface area contributed by atoms with Crippen molar-refractivity contribution in [3.8, 4) is 17.4 Å². The minimum Gasteiger partial charge on any atom is -0.477 e. The Labute approximate surface area is 178 Å². The van der Waals surface area contributed by atoms with Crippen LogP contribution in [0, 0.1) is 5.92 Å². The number of hydrogen-bond acceptors (Lipinski definition) is 8. The van der Waals surface area contributed by atoms with Gasteiger partial charge >= 0.3 is 0 Å². The molecule has 1 N–H and O–H groups in total. The molecule has 3 aromatic heterocycles. The molecule has 10 heteroatoms. The minimum atomic E-state index is -0.442. The van der Waals surface area contributed by atoms with Crippen molar-refractivity contribution in [3.05, 3.63) is 48.3 Å². The normalized spacial score (nSPS) is 14.2. The first kappa shape index (κ1) is 20.6. The predicted molar refractivity (Wildman–Crippen MR) is 111 cm³/mol. The van der Waals surface area contributed by atoms with E-state index in [1.165, 1.54) is 18.3 Å². The summed E-state index contributed by atoms with van der Waals surface area (Å²) >= 11 is 0. The molecule has 0 aromatic carbocycles. The third kappa shape index (κ3) is 5.10. The van der Waals surface area contributed by atoms with Crippen LogP contribution in [0.15, 0.2) is 36.9 Å². The number of rotatable bonds is 7. The smallest absolute Gasteiger partial charge is 0.274 e. The van der Waals surface area contributed by atoms with Gasteiger partial charge < -0.3 is 19.4 Å². The van der Waals surface area contributed by atoms with E-state index in [0.717, 1.165) is 26.1 Å². The number of nitrogens with one attached hydrogen (secondary N) is 1. The van der Waals surface area contributed by atoms with Gasteiger partial charge in [0.25, 0.3) is 5.91 Å². The first-order valence-electron chi connectivity index (χ1n) is 9.91. The van der Waals surface area contributed by atoms with Crippen LogP contribution in [0.1, 0.15) is 33.8 Å². The lowest BCUT2D eigenvalue weighted by Gasteiger charge is -2.22. The van der Waals surface area contributed by atoms with E-state index in [2.05, 4.69) is 25.3 Å². The molecule has 31 heavy (non-hydrogen) atoms. The second kappa shape index (κ2) is 9.43. The highest BCUT2D eigenvalue weighted by atomic mass is 16.5. The van der Waals surface area contributed by atoms with Crippen LogP contribution in [0.3, 0.4) is 0 Å². The highest BCUT2D eigenvalue weighted by molar-refractivity contribution is 6.03. The van der Waals surface area contributed by atoms with E-state index in [1.807, 2.05) is 7.05 Å². The number of amides is 1. The van der Waals surface area contributed by atoms with Crippen LogP contribution in [-0.4, -0.2) is 56.5 Å². The molecule has 160 valence electrons. The van der Waals surface area contributed by atoms with Crippen LogP contribution >= 0.6 is 0 Å². The van der Waals surface area contributed by atoms with Gasteiger partial charge in [0, 0.05) is 26.3 Å². The van der Waals surface area contributed by atoms with Gasteiger partial charge in [-0.1, -0.05) is 0 Å². The van der Waals surface area contributed by atoms with E-state index in [4.69, 9.17) is 9.47 Å². The number of imidazole rings is 1. The Morgan fingerprint density at radius 2 is 2.13 bits per heavy atom. The van der Waals surface area contributed by atoms with Gasteiger partial charge in [-0.2, -0.15) is 4.98 Å². The first-order valence-corrected chi connectivity index (χ1v) is 9.91. The number of carbonyl (C=O) groups excluding carboxylic acids is 2. The van der Waals surface area contributed by atoms with Crippen molar-refractivity contribution >= 4 is 17.9 Å². The predicted octanol–water partition coefficient (Wildman–Crippen LogP) is 2.14. The SMILES string of the molecule is Cn1cncc1-c1nc(OCC2CCOCC2)cc(C(=O)Nc2ccc(C=O)nc2)n1. The van der Waals surface area contributed by atoms with E-state index >= 15 is 0 Å². The summed E-state index contributed by atoms with van der Waals surface area (Å²) in [5, 5.41) is 2.73. The van der Waals surface area contributed by atoms with Crippen molar-refractivity contribution in [2.24, 2.45) is 13.0 Å². The molecule has 0 atom stereocenters. The van der Waals surface area contributed by atoms with Gasteiger partial charge in [0.15, 0.2) is 12.1 Å². The number of aldehydes is 1. The number of anilines is 1. The molecule has 1 saturated heterocycles. The summed E-state index contributed by atoms with van der Waals surface area (Å²) in [6.45, 7) is 1.94. The molecule has 0 aliphatic carbocycles. The average Bonchev–Trinajstić information content (AvgIpc) is 3.24. The molecule has 1 aliphatic rings. The maximum atomic E-state index is 12.8. The van der Waals surface area contributed by atoms with Gasteiger partial charge in [-0.05, 0) is 30.9 Å². The second-order valence-electron chi connectivity index (χ2n) is 7.22. The summed E-state index contributed by atoms with van der Waals surface area (Å²) in [5.41, 5.74) is 1.53. The Morgan fingerprint density at radius 3 is 2.81 bits per heavy atom. The third-order valence-electron chi connectivity index (χ3n) is 4.95. The van der Waals surface area contributed by atoms with Crippen LogP contribution in [0.4, 0.5) is 5.69 Å². The van der Waals surface area contributed by atoms with Gasteiger partial charge in [0.2, 0.25) is 5.88 Å². The maximum absolute atomic E-state index is 12.8. The summed E-state index contributed by atoms with van der Waals surface area (Å²) in [7, 11) is 1.82. The number of nitrogens with zero attached hydrogens (tertiary/aromatic N) is 5. The summed E-state index contributed by atoms with van der Waals surface area (Å²) < 4.78 is 13.1. The lowest BCUT2D eigenvalue weighted by molar-refractivity contribution is 0.0490. The molecule has 1 amide bonds. The number of ether oxygens (including phenoxy) is 2. The summed E-state index contributed by atoms with van der Waals surface area (Å²) in [4.78, 5) is 40.5. The van der Waals surface area contributed by atoms with E-state index < -0.39 is 5.91 Å². The molecule has 0 saturated carbocycles. The topological polar surface area (TPSA) is 121 Å². The van der Waals surface area contributed by atoms with Gasteiger partial charge in [0.05, 0.1) is 31.0 Å². The van der Waals surface area contributed by atoms with Crippen LogP contribution in [0.2, 0.25) is 0 Å². The highest BCUT2D eigenvalue weighted by Gasteiger charge is 2.18. The van der Waals surface area contributed by atoms with Crippen LogP contribution in [-0.2, 0) is 11.8 Å². The molecule has 3 aromatic rings. The lowest BCUT2D eigenvalue weighted by Crippen LogP contribution is -2.22. The molecule has 1 fully saturated rings. The summed E-state index contributed by atoms with van der Waals surface area (Å²) in [6, 6.07) is 4.63. The van der Waals surface area contributed by atoms with Gasteiger partial charge in [0.1, 0.15) is 17.1 Å². The van der Waals surface area contributed by atoms with Gasteiger partial charge in [-0.15, -0.1) is 0 Å². The number of aryl methyl sites for hydroxylation is 1. The molecule has 0 unspecified atom stereocenters. The molecule has 0 radical (unpaired) electrons. The Balaban J connectivity index is 1.57. The zero-order chi connectivity index (χ0) is 21.6. The lowest BCUT2D eigenvalue weighted by atomic mass is 10.0. The Morgan fingerprint density at radius 1 is 1.29 bits per heavy atom. The zero-order valence-corrected chi connectivity index (χ0v) is 17.0. The molecule has 0 spiro atoms. The molecule has 0 bridgehead atoms. The van der Waals surface area contributed by atoms with Gasteiger partial charge in [-0.25, -0.2) is 9.97 Å². The fourth-order valence-electron chi connectivity index (χ4n) is 3.16. The van der Waals surface area contributed by atoms with E-state index in [0.29, 0.717) is 41.9 Å². The van der Waals surface area contributed by atoms with Crippen LogP contribution in [0.25, 0.3) is 11.5 Å². The van der Waals surface area contributed by atoms with Crippen molar-refractivity contribution in [2.75, 3.05) is 25.1 Å². The van der Waals surface area contributed by atoms with Crippen LogP contribution in [0.5, 0.6) is 5.88 Å². The molecule has 10 nitrogen and oxygen atoms in total. The molecule has 1 aliphatic heterocycles. The Bertz CT molecular complexity index is 1060.